The summed E-state index contributed by atoms with van der Waals surface area (Å²) in [5.74, 6) is 0.794. The average Bonchev–Trinajstić information content (AvgIpc) is 3.62. The molecule has 0 atom stereocenters. The zero-order chi connectivity index (χ0) is 28.6. The first-order valence-electron chi connectivity index (χ1n) is 13.2. The number of nitrogens with zero attached hydrogens (tertiary/aromatic N) is 6. The number of benzene rings is 2. The number of methoxy groups -OCH3 is 1. The number of rotatable bonds is 7. The van der Waals surface area contributed by atoms with Gasteiger partial charge in [0.1, 0.15) is 17.1 Å². The summed E-state index contributed by atoms with van der Waals surface area (Å²) in [6.45, 7) is 2.74. The van der Waals surface area contributed by atoms with E-state index < -0.39 is 10.0 Å². The number of nitrogens with one attached hydrogen (secondary N) is 1. The largest absolute Gasteiger partial charge is 0.497 e. The Morgan fingerprint density at radius 1 is 1.05 bits per heavy atom. The molecule has 0 spiro atoms. The Hall–Kier alpha value is -4.55. The summed E-state index contributed by atoms with van der Waals surface area (Å²) in [5.41, 5.74) is 3.50. The minimum absolute atomic E-state index is 0.0262. The monoisotopic (exact) mass is 571 g/mol. The van der Waals surface area contributed by atoms with E-state index in [0.717, 1.165) is 16.9 Å². The molecule has 4 heterocycles. The first-order chi connectivity index (χ1) is 19.8. The zero-order valence-corrected chi connectivity index (χ0v) is 23.5. The molecule has 12 heteroatoms. The number of aromatic nitrogens is 5. The third-order valence-corrected chi connectivity index (χ3v) is 9.25. The van der Waals surface area contributed by atoms with Crippen LogP contribution in [0.25, 0.3) is 11.3 Å². The molecule has 11 nitrogen and oxygen atoms in total. The van der Waals surface area contributed by atoms with Crippen molar-refractivity contribution in [3.05, 3.63) is 96.1 Å². The van der Waals surface area contributed by atoms with E-state index in [-0.39, 0.29) is 16.7 Å². The van der Waals surface area contributed by atoms with Gasteiger partial charge >= 0.3 is 0 Å². The second-order valence-corrected chi connectivity index (χ2v) is 11.9. The number of aryl methyl sites for hydroxylation is 1. The van der Waals surface area contributed by atoms with Crippen LogP contribution in [0.4, 0.5) is 5.82 Å². The third kappa shape index (κ3) is 5.19. The van der Waals surface area contributed by atoms with Gasteiger partial charge in [-0.1, -0.05) is 17.7 Å². The van der Waals surface area contributed by atoms with Gasteiger partial charge in [-0.25, -0.2) is 22.6 Å². The molecule has 1 N–H and O–H groups in total. The number of ether oxygens (including phenoxy) is 1. The van der Waals surface area contributed by atoms with Gasteiger partial charge in [0.2, 0.25) is 10.0 Å². The second kappa shape index (κ2) is 10.8. The SMILES string of the molecule is COc1ccc(S(=O)(=O)N2CCC(c3cc(NC(=O)c4cnn5cccnc45)n(-c4ccc(C)cc4)n3)CC2)cc1. The Morgan fingerprint density at radius 3 is 2.49 bits per heavy atom. The fourth-order valence-electron chi connectivity index (χ4n) is 5.03. The molecule has 6 rings (SSSR count). The van der Waals surface area contributed by atoms with Gasteiger partial charge in [0.25, 0.3) is 5.91 Å². The molecular formula is C29H29N7O4S. The molecule has 1 aliphatic rings. The van der Waals surface area contributed by atoms with Crippen molar-refractivity contribution in [1.29, 1.82) is 0 Å². The second-order valence-electron chi connectivity index (χ2n) is 9.96. The molecule has 3 aromatic heterocycles. The summed E-state index contributed by atoms with van der Waals surface area (Å²) in [7, 11) is -2.08. The minimum Gasteiger partial charge on any atom is -0.497 e. The Morgan fingerprint density at radius 2 is 1.78 bits per heavy atom. The molecule has 1 aliphatic heterocycles. The van der Waals surface area contributed by atoms with E-state index in [1.54, 1.807) is 59.0 Å². The quantitative estimate of drug-likeness (QED) is 0.313. The molecule has 41 heavy (non-hydrogen) atoms. The molecule has 2 aromatic carbocycles. The summed E-state index contributed by atoms with van der Waals surface area (Å²) in [4.78, 5) is 17.8. The van der Waals surface area contributed by atoms with Gasteiger partial charge in [0.15, 0.2) is 5.65 Å². The maximum atomic E-state index is 13.3. The number of carbonyl (C=O) groups excluding carboxylic acids is 1. The van der Waals surface area contributed by atoms with E-state index in [2.05, 4.69) is 15.4 Å². The van der Waals surface area contributed by atoms with Crippen molar-refractivity contribution in [3.8, 4) is 11.4 Å². The van der Waals surface area contributed by atoms with Crippen LogP contribution in [0.1, 0.15) is 40.4 Å². The van der Waals surface area contributed by atoms with E-state index in [1.165, 1.54) is 10.5 Å². The third-order valence-electron chi connectivity index (χ3n) is 7.34. The number of anilines is 1. The summed E-state index contributed by atoms with van der Waals surface area (Å²) >= 11 is 0. The van der Waals surface area contributed by atoms with Crippen molar-refractivity contribution in [2.45, 2.75) is 30.6 Å². The molecule has 0 unspecified atom stereocenters. The van der Waals surface area contributed by atoms with Gasteiger partial charge in [0, 0.05) is 37.5 Å². The van der Waals surface area contributed by atoms with Crippen molar-refractivity contribution in [3.63, 3.8) is 0 Å². The number of piperidine rings is 1. The predicted molar refractivity (Wildman–Crippen MR) is 153 cm³/mol. The van der Waals surface area contributed by atoms with Crippen molar-refractivity contribution < 1.29 is 17.9 Å². The first kappa shape index (κ1) is 26.7. The fourth-order valence-corrected chi connectivity index (χ4v) is 6.50. The molecule has 1 amide bonds. The summed E-state index contributed by atoms with van der Waals surface area (Å²) in [6.07, 6.45) is 6.04. The lowest BCUT2D eigenvalue weighted by Gasteiger charge is -2.30. The Kier molecular flexibility index (Phi) is 7.01. The number of hydrogen-bond acceptors (Lipinski definition) is 7. The van der Waals surface area contributed by atoms with Crippen molar-refractivity contribution in [2.24, 2.45) is 0 Å². The molecule has 0 radical (unpaired) electrons. The number of fused-ring (bicyclic) bond motifs is 1. The van der Waals surface area contributed by atoms with Crippen molar-refractivity contribution in [1.82, 2.24) is 28.7 Å². The van der Waals surface area contributed by atoms with Crippen molar-refractivity contribution in [2.75, 3.05) is 25.5 Å². The first-order valence-corrected chi connectivity index (χ1v) is 14.7. The van der Waals surface area contributed by atoms with E-state index >= 15 is 0 Å². The van der Waals surface area contributed by atoms with Crippen LogP contribution in [0.5, 0.6) is 5.75 Å². The number of amides is 1. The number of sulfonamides is 1. The van der Waals surface area contributed by atoms with Crippen LogP contribution in [0.15, 0.2) is 84.1 Å². The Bertz CT molecular complexity index is 1800. The number of carbonyl (C=O) groups is 1. The molecule has 210 valence electrons. The fraction of sp³-hybridized carbons (Fsp3) is 0.241. The molecule has 5 aromatic rings. The van der Waals surface area contributed by atoms with Gasteiger partial charge in [-0.2, -0.15) is 14.5 Å². The van der Waals surface area contributed by atoms with Crippen LogP contribution in [0, 0.1) is 6.92 Å². The van der Waals surface area contributed by atoms with Gasteiger partial charge in [-0.15, -0.1) is 0 Å². The molecular weight excluding hydrogens is 542 g/mol. The van der Waals surface area contributed by atoms with Crippen LogP contribution in [-0.2, 0) is 10.0 Å². The molecule has 1 fully saturated rings. The van der Waals surface area contributed by atoms with Gasteiger partial charge in [-0.05, 0) is 62.2 Å². The molecule has 0 saturated carbocycles. The maximum absolute atomic E-state index is 13.3. The Labute approximate surface area is 237 Å². The van der Waals surface area contributed by atoms with Crippen LogP contribution in [0.2, 0.25) is 0 Å². The summed E-state index contributed by atoms with van der Waals surface area (Å²) in [5, 5.41) is 12.1. The summed E-state index contributed by atoms with van der Waals surface area (Å²) in [6, 6.07) is 17.9. The van der Waals surface area contributed by atoms with Crippen LogP contribution >= 0.6 is 0 Å². The molecule has 0 aliphatic carbocycles. The predicted octanol–water partition coefficient (Wildman–Crippen LogP) is 4.05. The standard InChI is InChI=1S/C29H29N7O4S/c1-20-4-6-22(7-5-20)36-27(32-29(37)25-19-31-35-15-3-14-30-28(25)35)18-26(33-36)21-12-16-34(17-13-21)41(38,39)24-10-8-23(40-2)9-11-24/h3-11,14-15,18-19,21H,12-13,16-17H2,1-2H3,(H,32,37). The zero-order valence-electron chi connectivity index (χ0n) is 22.6. The lowest BCUT2D eigenvalue weighted by Crippen LogP contribution is -2.38. The molecule has 1 saturated heterocycles. The highest BCUT2D eigenvalue weighted by atomic mass is 32.2. The average molecular weight is 572 g/mol. The van der Waals surface area contributed by atoms with E-state index in [4.69, 9.17) is 9.84 Å². The van der Waals surface area contributed by atoms with Crippen molar-refractivity contribution >= 4 is 27.4 Å². The van der Waals surface area contributed by atoms with Gasteiger partial charge in [0.05, 0.1) is 29.6 Å². The smallest absolute Gasteiger partial charge is 0.262 e. The Balaban J connectivity index is 1.24. The topological polar surface area (TPSA) is 124 Å². The van der Waals surface area contributed by atoms with Crippen LogP contribution < -0.4 is 10.1 Å². The molecule has 0 bridgehead atoms. The summed E-state index contributed by atoms with van der Waals surface area (Å²) < 4.78 is 36.4. The highest BCUT2D eigenvalue weighted by molar-refractivity contribution is 7.89. The number of hydrogen-bond donors (Lipinski definition) is 1. The minimum atomic E-state index is -3.62. The van der Waals surface area contributed by atoms with E-state index in [9.17, 15) is 13.2 Å². The van der Waals surface area contributed by atoms with Crippen LogP contribution in [0.3, 0.4) is 0 Å². The highest BCUT2D eigenvalue weighted by Gasteiger charge is 2.31. The normalized spacial score (nSPS) is 14.8. The lowest BCUT2D eigenvalue weighted by atomic mass is 9.95. The van der Waals surface area contributed by atoms with E-state index in [1.807, 2.05) is 37.3 Å². The van der Waals surface area contributed by atoms with Gasteiger partial charge < -0.3 is 10.1 Å². The van der Waals surface area contributed by atoms with Gasteiger partial charge in [-0.3, -0.25) is 4.79 Å². The highest BCUT2D eigenvalue weighted by Crippen LogP contribution is 2.33. The lowest BCUT2D eigenvalue weighted by molar-refractivity contribution is 0.102. The van der Waals surface area contributed by atoms with Crippen LogP contribution in [-0.4, -0.2) is 63.2 Å². The maximum Gasteiger partial charge on any atom is 0.262 e. The van der Waals surface area contributed by atoms with E-state index in [0.29, 0.717) is 48.7 Å².